The Hall–Kier alpha value is -3.82. The van der Waals surface area contributed by atoms with Crippen molar-refractivity contribution in [3.63, 3.8) is 0 Å². The van der Waals surface area contributed by atoms with E-state index in [9.17, 15) is 18.0 Å². The first-order valence-corrected chi connectivity index (χ1v) is 9.35. The molecule has 0 saturated heterocycles. The maximum absolute atomic E-state index is 12.9. The first-order valence-electron chi connectivity index (χ1n) is 9.35. The molecule has 4 rings (SSSR count). The molecule has 1 N–H and O–H groups in total. The average molecular weight is 427 g/mol. The normalized spacial score (nSPS) is 11.6. The van der Waals surface area contributed by atoms with Gasteiger partial charge in [0.05, 0.1) is 23.8 Å². The number of aromatic amines is 1. The predicted molar refractivity (Wildman–Crippen MR) is 106 cm³/mol. The summed E-state index contributed by atoms with van der Waals surface area (Å²) in [6, 6.07) is 7.03. The molecule has 31 heavy (non-hydrogen) atoms. The molecule has 0 fully saturated rings. The van der Waals surface area contributed by atoms with Crippen molar-refractivity contribution in [1.82, 2.24) is 24.9 Å². The summed E-state index contributed by atoms with van der Waals surface area (Å²) in [5.74, 6) is 0.307. The fourth-order valence-electron chi connectivity index (χ4n) is 2.96. The highest BCUT2D eigenvalue weighted by Gasteiger charge is 2.31. The number of aromatic nitrogens is 5. The van der Waals surface area contributed by atoms with E-state index in [4.69, 9.17) is 4.74 Å². The molecule has 0 aromatic carbocycles. The van der Waals surface area contributed by atoms with E-state index >= 15 is 0 Å². The first-order chi connectivity index (χ1) is 14.9. The summed E-state index contributed by atoms with van der Waals surface area (Å²) in [5, 5.41) is 0.169. The molecule has 0 saturated carbocycles. The lowest BCUT2D eigenvalue weighted by atomic mass is 10.1. The topological polar surface area (TPSA) is 93.7 Å². The molecule has 0 aliphatic rings. The summed E-state index contributed by atoms with van der Waals surface area (Å²) in [6.45, 7) is 0.424. The number of aryl methyl sites for hydroxylation is 1. The number of alkyl halides is 3. The summed E-state index contributed by atoms with van der Waals surface area (Å²) < 4.78 is 44.5. The molecule has 0 atom stereocenters. The number of rotatable bonds is 6. The van der Waals surface area contributed by atoms with Crippen molar-refractivity contribution >= 4 is 11.0 Å². The first kappa shape index (κ1) is 20.5. The Morgan fingerprint density at radius 1 is 1.03 bits per heavy atom. The van der Waals surface area contributed by atoms with Crippen molar-refractivity contribution in [3.8, 4) is 17.3 Å². The summed E-state index contributed by atoms with van der Waals surface area (Å²) in [4.78, 5) is 31.1. The van der Waals surface area contributed by atoms with Crippen LogP contribution in [0.4, 0.5) is 13.2 Å². The van der Waals surface area contributed by atoms with Gasteiger partial charge in [0.1, 0.15) is 11.4 Å². The Bertz CT molecular complexity index is 1260. The second-order valence-electron chi connectivity index (χ2n) is 6.69. The van der Waals surface area contributed by atoms with Crippen LogP contribution in [-0.2, 0) is 12.6 Å². The van der Waals surface area contributed by atoms with E-state index in [2.05, 4.69) is 24.9 Å². The highest BCUT2D eigenvalue weighted by atomic mass is 19.4. The average Bonchev–Trinajstić information content (AvgIpc) is 2.77. The lowest BCUT2D eigenvalue weighted by Crippen LogP contribution is -2.12. The summed E-state index contributed by atoms with van der Waals surface area (Å²) in [5.41, 5.74) is -0.307. The van der Waals surface area contributed by atoms with Crippen LogP contribution in [-0.4, -0.2) is 31.5 Å². The van der Waals surface area contributed by atoms with E-state index in [1.54, 1.807) is 12.4 Å². The second-order valence-corrected chi connectivity index (χ2v) is 6.69. The Morgan fingerprint density at radius 3 is 2.61 bits per heavy atom. The van der Waals surface area contributed by atoms with E-state index in [0.717, 1.165) is 36.7 Å². The van der Waals surface area contributed by atoms with Crippen LogP contribution in [0.1, 0.15) is 17.5 Å². The molecule has 7 nitrogen and oxygen atoms in total. The number of H-pyrrole nitrogens is 1. The van der Waals surface area contributed by atoms with Gasteiger partial charge in [-0.15, -0.1) is 0 Å². The number of ether oxygens (including phenoxy) is 1. The van der Waals surface area contributed by atoms with E-state index in [1.165, 1.54) is 12.3 Å². The van der Waals surface area contributed by atoms with Gasteiger partial charge in [-0.2, -0.15) is 13.2 Å². The van der Waals surface area contributed by atoms with E-state index < -0.39 is 17.3 Å². The molecule has 158 valence electrons. The van der Waals surface area contributed by atoms with Crippen molar-refractivity contribution in [2.45, 2.75) is 19.0 Å². The summed E-state index contributed by atoms with van der Waals surface area (Å²) in [6.07, 6.45) is 2.94. The molecule has 0 bridgehead atoms. The van der Waals surface area contributed by atoms with Gasteiger partial charge in [-0.25, -0.2) is 9.97 Å². The Kier molecular flexibility index (Phi) is 5.61. The molecular formula is C21H16F3N5O2. The van der Waals surface area contributed by atoms with E-state index in [-0.39, 0.29) is 22.6 Å². The van der Waals surface area contributed by atoms with Gasteiger partial charge in [-0.05, 0) is 48.7 Å². The zero-order valence-corrected chi connectivity index (χ0v) is 16.1. The molecule has 4 heterocycles. The zero-order chi connectivity index (χ0) is 21.8. The maximum atomic E-state index is 12.9. The molecule has 4 aromatic heterocycles. The number of hydrogen-bond donors (Lipinski definition) is 1. The van der Waals surface area contributed by atoms with Crippen molar-refractivity contribution < 1.29 is 17.9 Å². The van der Waals surface area contributed by atoms with Crippen molar-refractivity contribution in [3.05, 3.63) is 76.6 Å². The third-order valence-corrected chi connectivity index (χ3v) is 4.49. The minimum atomic E-state index is -4.53. The van der Waals surface area contributed by atoms with Crippen molar-refractivity contribution in [2.75, 3.05) is 6.61 Å². The van der Waals surface area contributed by atoms with Gasteiger partial charge in [0, 0.05) is 18.6 Å². The Labute approximate surface area is 174 Å². The second kappa shape index (κ2) is 8.50. The van der Waals surface area contributed by atoms with Crippen molar-refractivity contribution in [1.29, 1.82) is 0 Å². The van der Waals surface area contributed by atoms with Crippen LogP contribution in [0.15, 0.2) is 59.9 Å². The molecule has 0 radical (unpaired) electrons. The van der Waals surface area contributed by atoms with Gasteiger partial charge in [-0.1, -0.05) is 0 Å². The quantitative estimate of drug-likeness (QED) is 0.471. The molecule has 0 amide bonds. The van der Waals surface area contributed by atoms with Gasteiger partial charge in [0.25, 0.3) is 5.56 Å². The Balaban J connectivity index is 1.51. The minimum absolute atomic E-state index is 0.0853. The maximum Gasteiger partial charge on any atom is 0.416 e. The molecule has 0 aliphatic heterocycles. The van der Waals surface area contributed by atoms with Crippen LogP contribution in [0.3, 0.4) is 0 Å². The minimum Gasteiger partial charge on any atom is -0.492 e. The summed E-state index contributed by atoms with van der Waals surface area (Å²) in [7, 11) is 0. The van der Waals surface area contributed by atoms with Gasteiger partial charge in [-0.3, -0.25) is 14.8 Å². The monoisotopic (exact) mass is 427 g/mol. The zero-order valence-electron chi connectivity index (χ0n) is 16.1. The number of hydrogen-bond acceptors (Lipinski definition) is 6. The summed E-state index contributed by atoms with van der Waals surface area (Å²) >= 11 is 0. The van der Waals surface area contributed by atoms with Crippen LogP contribution in [0.25, 0.3) is 22.6 Å². The number of halogens is 3. The van der Waals surface area contributed by atoms with Crippen LogP contribution in [0.2, 0.25) is 0 Å². The molecule has 4 aromatic rings. The number of fused-ring (bicyclic) bond motifs is 1. The standard InChI is InChI=1S/C21H16F3N5O2/c22-21(23,24)14-5-8-26-17(10-14)19-28-18-16(20(30)29-19)11-15(12-27-18)31-9-1-2-13-3-6-25-7-4-13/h3-8,10-12H,1-2,9H2,(H,27,28,29,30). The molecule has 0 aliphatic carbocycles. The number of nitrogens with zero attached hydrogens (tertiary/aromatic N) is 4. The lowest BCUT2D eigenvalue weighted by molar-refractivity contribution is -0.137. The lowest BCUT2D eigenvalue weighted by Gasteiger charge is -2.09. The Morgan fingerprint density at radius 2 is 1.84 bits per heavy atom. The molecule has 10 heteroatoms. The fraction of sp³-hybridized carbons (Fsp3) is 0.190. The fourth-order valence-corrected chi connectivity index (χ4v) is 2.96. The highest BCUT2D eigenvalue weighted by molar-refractivity contribution is 5.76. The molecule has 0 unspecified atom stereocenters. The third-order valence-electron chi connectivity index (χ3n) is 4.49. The molecular weight excluding hydrogens is 411 g/mol. The predicted octanol–water partition coefficient (Wildman–Crippen LogP) is 3.81. The van der Waals surface area contributed by atoms with Crippen LogP contribution in [0.5, 0.6) is 5.75 Å². The third kappa shape index (κ3) is 4.85. The van der Waals surface area contributed by atoms with Crippen LogP contribution in [0, 0.1) is 0 Å². The van der Waals surface area contributed by atoms with E-state index in [1.807, 2.05) is 12.1 Å². The largest absolute Gasteiger partial charge is 0.492 e. The highest BCUT2D eigenvalue weighted by Crippen LogP contribution is 2.30. The van der Waals surface area contributed by atoms with Gasteiger partial charge < -0.3 is 9.72 Å². The number of nitrogens with one attached hydrogen (secondary N) is 1. The van der Waals surface area contributed by atoms with Gasteiger partial charge >= 0.3 is 6.18 Å². The smallest absolute Gasteiger partial charge is 0.416 e. The SMILES string of the molecule is O=c1[nH]c(-c2cc(C(F)(F)F)ccn2)nc2ncc(OCCCc3ccncc3)cc12. The van der Waals surface area contributed by atoms with Gasteiger partial charge in [0.15, 0.2) is 11.5 Å². The van der Waals surface area contributed by atoms with E-state index in [0.29, 0.717) is 12.4 Å². The van der Waals surface area contributed by atoms with Gasteiger partial charge in [0.2, 0.25) is 0 Å². The van der Waals surface area contributed by atoms with Crippen LogP contribution >= 0.6 is 0 Å². The molecule has 0 spiro atoms. The van der Waals surface area contributed by atoms with Crippen LogP contribution < -0.4 is 10.3 Å². The number of pyridine rings is 3. The van der Waals surface area contributed by atoms with Crippen molar-refractivity contribution in [2.24, 2.45) is 0 Å².